The van der Waals surface area contributed by atoms with Crippen LogP contribution in [0.3, 0.4) is 0 Å². The maximum Gasteiger partial charge on any atom is 0.197 e. The van der Waals surface area contributed by atoms with Gasteiger partial charge in [0.05, 0.1) is 6.61 Å². The first-order valence-corrected chi connectivity index (χ1v) is 3.42. The second kappa shape index (κ2) is 3.46. The van der Waals surface area contributed by atoms with E-state index < -0.39 is 37.0 Å². The Morgan fingerprint density at radius 3 is 2.42 bits per heavy atom. The van der Waals surface area contributed by atoms with E-state index in [1.807, 2.05) is 0 Å². The lowest BCUT2D eigenvalue weighted by Crippen LogP contribution is -2.36. The average Bonchev–Trinajstić information content (AvgIpc) is 2.32. The Kier molecular flexibility index (Phi) is 2.76. The quantitative estimate of drug-likeness (QED) is 0.358. The highest BCUT2D eigenvalue weighted by molar-refractivity contribution is 5.89. The molecule has 0 aromatic rings. The molecule has 1 fully saturated rings. The zero-order chi connectivity index (χ0) is 9.30. The van der Waals surface area contributed by atoms with E-state index in [2.05, 4.69) is 4.74 Å². The van der Waals surface area contributed by atoms with Gasteiger partial charge in [-0.15, -0.1) is 0 Å². The van der Waals surface area contributed by atoms with Crippen molar-refractivity contribution >= 4 is 5.78 Å². The fourth-order valence-corrected chi connectivity index (χ4v) is 0.977. The first kappa shape index (κ1) is 9.56. The van der Waals surface area contributed by atoms with Crippen molar-refractivity contribution in [1.82, 2.24) is 0 Å². The van der Waals surface area contributed by atoms with Crippen molar-refractivity contribution in [3.8, 4) is 0 Å². The van der Waals surface area contributed by atoms with E-state index in [0.29, 0.717) is 0 Å². The molecule has 6 heteroatoms. The molecule has 1 heterocycles. The van der Waals surface area contributed by atoms with Crippen LogP contribution in [0.2, 0.25) is 0 Å². The topological polar surface area (TPSA) is 107 Å². The molecule has 0 aromatic carbocycles. The minimum absolute atomic E-state index is 0.657. The maximum atomic E-state index is 10.9. The number of hydrogen-bond acceptors (Lipinski definition) is 6. The summed E-state index contributed by atoms with van der Waals surface area (Å²) in [4.78, 5) is 10.9. The van der Waals surface area contributed by atoms with E-state index in [1.165, 1.54) is 0 Å². The third-order valence-corrected chi connectivity index (χ3v) is 1.66. The lowest BCUT2D eigenvalue weighted by atomic mass is 10.1. The van der Waals surface area contributed by atoms with Gasteiger partial charge in [-0.3, -0.25) is 4.79 Å². The minimum atomic E-state index is -1.63. The van der Waals surface area contributed by atoms with Gasteiger partial charge in [0.1, 0.15) is 12.2 Å². The van der Waals surface area contributed by atoms with Gasteiger partial charge in [0.2, 0.25) is 0 Å². The summed E-state index contributed by atoms with van der Waals surface area (Å²) >= 11 is 0. The summed E-state index contributed by atoms with van der Waals surface area (Å²) in [5.74, 6) is -0.816. The molecule has 0 amide bonds. The number of ether oxygens (including phenoxy) is 1. The highest BCUT2D eigenvalue weighted by Crippen LogP contribution is 2.17. The number of aliphatic hydroxyl groups is 4. The largest absolute Gasteiger partial charge is 0.394 e. The van der Waals surface area contributed by atoms with Gasteiger partial charge < -0.3 is 25.2 Å². The first-order valence-electron chi connectivity index (χ1n) is 3.42. The van der Waals surface area contributed by atoms with Crippen LogP contribution in [0.4, 0.5) is 0 Å². The highest BCUT2D eigenvalue weighted by Gasteiger charge is 2.44. The van der Waals surface area contributed by atoms with Crippen LogP contribution in [0.1, 0.15) is 0 Å². The summed E-state index contributed by atoms with van der Waals surface area (Å²) in [5, 5.41) is 35.0. The molecule has 1 aliphatic heterocycles. The molecule has 4 atom stereocenters. The summed E-state index contributed by atoms with van der Waals surface area (Å²) in [6.07, 6.45) is -5.97. The van der Waals surface area contributed by atoms with Crippen molar-refractivity contribution in [2.75, 3.05) is 6.61 Å². The Morgan fingerprint density at radius 1 is 1.50 bits per heavy atom. The van der Waals surface area contributed by atoms with Crippen molar-refractivity contribution in [3.63, 3.8) is 0 Å². The van der Waals surface area contributed by atoms with E-state index in [1.54, 1.807) is 0 Å². The lowest BCUT2D eigenvalue weighted by Gasteiger charge is -2.12. The Morgan fingerprint density at radius 2 is 2.08 bits per heavy atom. The van der Waals surface area contributed by atoms with E-state index in [0.717, 1.165) is 0 Å². The van der Waals surface area contributed by atoms with Crippen LogP contribution in [0, 0.1) is 0 Å². The van der Waals surface area contributed by atoms with Crippen LogP contribution in [0.15, 0.2) is 0 Å². The fourth-order valence-electron chi connectivity index (χ4n) is 0.977. The summed E-state index contributed by atoms with van der Waals surface area (Å²) in [6, 6.07) is 0. The molecule has 12 heavy (non-hydrogen) atoms. The summed E-state index contributed by atoms with van der Waals surface area (Å²) in [5.41, 5.74) is 0. The number of carbonyl (C=O) groups is 1. The Labute approximate surface area is 68.0 Å². The highest BCUT2D eigenvalue weighted by atomic mass is 16.6. The molecule has 0 saturated carbocycles. The molecule has 0 spiro atoms. The number of rotatable bonds is 2. The van der Waals surface area contributed by atoms with Gasteiger partial charge in [-0.2, -0.15) is 0 Å². The normalized spacial score (nSPS) is 38.7. The predicted octanol–water partition coefficient (Wildman–Crippen LogP) is -3.01. The molecule has 4 N–H and O–H groups in total. The zero-order valence-corrected chi connectivity index (χ0v) is 6.12. The fraction of sp³-hybridized carbons (Fsp3) is 0.833. The Bertz CT molecular complexity index is 181. The molecule has 6 nitrogen and oxygen atoms in total. The van der Waals surface area contributed by atoms with E-state index in [4.69, 9.17) is 20.4 Å². The Hall–Kier alpha value is -0.530. The van der Waals surface area contributed by atoms with Gasteiger partial charge in [0.15, 0.2) is 18.2 Å². The molecule has 1 saturated heterocycles. The van der Waals surface area contributed by atoms with E-state index in [-0.39, 0.29) is 0 Å². The number of carbonyl (C=O) groups excluding carboxylic acids is 1. The summed E-state index contributed by atoms with van der Waals surface area (Å²) < 4.78 is 4.48. The molecule has 1 aliphatic rings. The van der Waals surface area contributed by atoms with Gasteiger partial charge in [-0.25, -0.2) is 0 Å². The molecule has 3 unspecified atom stereocenters. The Balaban J connectivity index is 2.64. The van der Waals surface area contributed by atoms with Gasteiger partial charge in [0, 0.05) is 0 Å². The predicted molar refractivity (Wildman–Crippen MR) is 35.0 cm³/mol. The molecular formula is C6H10O6. The second-order valence-electron chi connectivity index (χ2n) is 2.54. The molecule has 1 rings (SSSR count). The standard InChI is InChI=1S/C6H10O6/c7-1-2(8)5-3(9)4(10)6(11)12-5/h2,4-8,10-11H,1H2/t2?,4?,5-,6?/m0/s1. The number of hydrogen-bond donors (Lipinski definition) is 4. The summed E-state index contributed by atoms with van der Waals surface area (Å²) in [6.45, 7) is -0.657. The van der Waals surface area contributed by atoms with Crippen LogP contribution >= 0.6 is 0 Å². The SMILES string of the molecule is O=C1C(O)C(O)O[C@H]1C(O)CO. The molecule has 70 valence electrons. The maximum absolute atomic E-state index is 10.9. The second-order valence-corrected chi connectivity index (χ2v) is 2.54. The first-order chi connectivity index (χ1) is 5.57. The molecular weight excluding hydrogens is 168 g/mol. The van der Waals surface area contributed by atoms with Crippen LogP contribution in [-0.4, -0.2) is 57.4 Å². The van der Waals surface area contributed by atoms with Crippen LogP contribution in [0.5, 0.6) is 0 Å². The van der Waals surface area contributed by atoms with Crippen LogP contribution in [-0.2, 0) is 9.53 Å². The minimum Gasteiger partial charge on any atom is -0.394 e. The smallest absolute Gasteiger partial charge is 0.197 e. The van der Waals surface area contributed by atoms with Gasteiger partial charge >= 0.3 is 0 Å². The zero-order valence-electron chi connectivity index (χ0n) is 6.12. The van der Waals surface area contributed by atoms with E-state index in [9.17, 15) is 4.79 Å². The lowest BCUT2D eigenvalue weighted by molar-refractivity contribution is -0.150. The molecule has 0 aromatic heterocycles. The van der Waals surface area contributed by atoms with Crippen molar-refractivity contribution in [3.05, 3.63) is 0 Å². The third-order valence-electron chi connectivity index (χ3n) is 1.66. The molecule has 0 radical (unpaired) electrons. The molecule has 0 aliphatic carbocycles. The van der Waals surface area contributed by atoms with Crippen molar-refractivity contribution < 1.29 is 30.0 Å². The molecule has 0 bridgehead atoms. The average molecular weight is 178 g/mol. The van der Waals surface area contributed by atoms with Crippen molar-refractivity contribution in [1.29, 1.82) is 0 Å². The number of Topliss-reactive ketones (excluding diaryl/α,β-unsaturated/α-hetero) is 1. The third kappa shape index (κ3) is 1.47. The van der Waals surface area contributed by atoms with Gasteiger partial charge in [0.25, 0.3) is 0 Å². The number of ketones is 1. The van der Waals surface area contributed by atoms with Crippen molar-refractivity contribution in [2.45, 2.75) is 24.6 Å². The van der Waals surface area contributed by atoms with Gasteiger partial charge in [-0.1, -0.05) is 0 Å². The van der Waals surface area contributed by atoms with Crippen LogP contribution in [0.25, 0.3) is 0 Å². The van der Waals surface area contributed by atoms with Crippen molar-refractivity contribution in [2.24, 2.45) is 0 Å². The van der Waals surface area contributed by atoms with Crippen LogP contribution < -0.4 is 0 Å². The number of aliphatic hydroxyl groups excluding tert-OH is 4. The van der Waals surface area contributed by atoms with Gasteiger partial charge in [-0.05, 0) is 0 Å². The summed E-state index contributed by atoms with van der Waals surface area (Å²) in [7, 11) is 0. The monoisotopic (exact) mass is 178 g/mol. The van der Waals surface area contributed by atoms with E-state index >= 15 is 0 Å².